The van der Waals surface area contributed by atoms with Crippen molar-refractivity contribution in [3.05, 3.63) is 72.3 Å². The molecule has 0 saturated carbocycles. The van der Waals surface area contributed by atoms with Gasteiger partial charge in [0.15, 0.2) is 5.11 Å². The monoisotopic (exact) mass is 455 g/mol. The minimum atomic E-state index is -3.52. The van der Waals surface area contributed by atoms with Gasteiger partial charge in [-0.25, -0.2) is 8.42 Å². The highest BCUT2D eigenvalue weighted by Crippen LogP contribution is 2.20. The number of fused-ring (bicyclic) bond motifs is 1. The number of hydrogen-bond acceptors (Lipinski definition) is 4. The van der Waals surface area contributed by atoms with E-state index < -0.39 is 10.0 Å². The normalized spacial score (nSPS) is 11.5. The van der Waals surface area contributed by atoms with E-state index in [1.165, 1.54) is 16.4 Å². The summed E-state index contributed by atoms with van der Waals surface area (Å²) >= 11 is 5.24. The number of nitrogens with zero attached hydrogens (tertiary/aromatic N) is 1. The number of sulfonamides is 1. The molecule has 0 heterocycles. The summed E-state index contributed by atoms with van der Waals surface area (Å²) in [4.78, 5) is 12.7. The van der Waals surface area contributed by atoms with Crippen LogP contribution >= 0.6 is 12.2 Å². The van der Waals surface area contributed by atoms with Crippen LogP contribution in [-0.2, 0) is 21.2 Å². The summed E-state index contributed by atoms with van der Waals surface area (Å²) in [5, 5.41) is 7.87. The Kier molecular flexibility index (Phi) is 7.37. The van der Waals surface area contributed by atoms with Gasteiger partial charge >= 0.3 is 0 Å². The van der Waals surface area contributed by atoms with Crippen LogP contribution in [0.15, 0.2) is 71.6 Å². The highest BCUT2D eigenvalue weighted by atomic mass is 32.2. The summed E-state index contributed by atoms with van der Waals surface area (Å²) in [5.41, 5.74) is 1.51. The first kappa shape index (κ1) is 22.9. The van der Waals surface area contributed by atoms with Gasteiger partial charge in [0.05, 0.1) is 11.3 Å². The molecule has 0 saturated heterocycles. The molecule has 162 valence electrons. The zero-order chi connectivity index (χ0) is 22.4. The van der Waals surface area contributed by atoms with E-state index >= 15 is 0 Å². The molecule has 6 nitrogen and oxygen atoms in total. The summed E-state index contributed by atoms with van der Waals surface area (Å²) < 4.78 is 26.5. The van der Waals surface area contributed by atoms with Gasteiger partial charge in [-0.3, -0.25) is 4.79 Å². The summed E-state index contributed by atoms with van der Waals surface area (Å²) in [6.07, 6.45) is 0.199. The number of carbonyl (C=O) groups is 1. The van der Waals surface area contributed by atoms with Crippen LogP contribution in [0.4, 0.5) is 5.69 Å². The first-order chi connectivity index (χ1) is 14.8. The number of amides is 1. The highest BCUT2D eigenvalue weighted by Gasteiger charge is 2.21. The van der Waals surface area contributed by atoms with E-state index in [4.69, 9.17) is 12.2 Å². The molecule has 0 unspecified atom stereocenters. The minimum Gasteiger partial charge on any atom is -0.332 e. The van der Waals surface area contributed by atoms with Crippen molar-refractivity contribution in [2.75, 3.05) is 18.4 Å². The van der Waals surface area contributed by atoms with Gasteiger partial charge < -0.3 is 10.6 Å². The number of hydrogen-bond donors (Lipinski definition) is 2. The van der Waals surface area contributed by atoms with Crippen LogP contribution < -0.4 is 10.6 Å². The number of benzene rings is 3. The van der Waals surface area contributed by atoms with E-state index in [0.29, 0.717) is 18.8 Å². The molecule has 0 atom stereocenters. The maximum Gasteiger partial charge on any atom is 0.243 e. The largest absolute Gasteiger partial charge is 0.332 e. The Morgan fingerprint density at radius 3 is 2.26 bits per heavy atom. The van der Waals surface area contributed by atoms with Gasteiger partial charge in [0, 0.05) is 18.8 Å². The van der Waals surface area contributed by atoms with Crippen molar-refractivity contribution in [2.24, 2.45) is 0 Å². The van der Waals surface area contributed by atoms with Gasteiger partial charge in [0.2, 0.25) is 15.9 Å². The second-order valence-corrected chi connectivity index (χ2v) is 9.28. The van der Waals surface area contributed by atoms with E-state index in [-0.39, 0.29) is 22.3 Å². The minimum absolute atomic E-state index is 0.157. The zero-order valence-electron chi connectivity index (χ0n) is 17.5. The Morgan fingerprint density at radius 1 is 0.935 bits per heavy atom. The van der Waals surface area contributed by atoms with Crippen molar-refractivity contribution in [3.8, 4) is 0 Å². The van der Waals surface area contributed by atoms with Crippen LogP contribution in [0, 0.1) is 0 Å². The second kappa shape index (κ2) is 10.00. The van der Waals surface area contributed by atoms with E-state index in [1.54, 1.807) is 26.0 Å². The predicted octanol–water partition coefficient (Wildman–Crippen LogP) is 3.93. The SMILES string of the molecule is CCN(CC)S(=O)(=O)c1ccc(NC(=S)NC(=O)Cc2cccc3ccccc23)cc1. The first-order valence-electron chi connectivity index (χ1n) is 10.0. The second-order valence-electron chi connectivity index (χ2n) is 6.93. The van der Waals surface area contributed by atoms with E-state index in [2.05, 4.69) is 10.6 Å². The lowest BCUT2D eigenvalue weighted by Crippen LogP contribution is -2.35. The molecular weight excluding hydrogens is 430 g/mol. The van der Waals surface area contributed by atoms with Crippen LogP contribution in [0.2, 0.25) is 0 Å². The fourth-order valence-corrected chi connectivity index (χ4v) is 5.07. The first-order valence-corrected chi connectivity index (χ1v) is 11.9. The van der Waals surface area contributed by atoms with Crippen LogP contribution in [0.3, 0.4) is 0 Å². The van der Waals surface area contributed by atoms with Gasteiger partial charge in [-0.2, -0.15) is 4.31 Å². The zero-order valence-corrected chi connectivity index (χ0v) is 19.1. The van der Waals surface area contributed by atoms with Crippen molar-refractivity contribution < 1.29 is 13.2 Å². The Bertz CT molecular complexity index is 1180. The third-order valence-electron chi connectivity index (χ3n) is 4.94. The molecule has 2 N–H and O–H groups in total. The maximum absolute atomic E-state index is 12.6. The van der Waals surface area contributed by atoms with Gasteiger partial charge in [0.1, 0.15) is 0 Å². The van der Waals surface area contributed by atoms with E-state index in [9.17, 15) is 13.2 Å². The third kappa shape index (κ3) is 5.46. The molecule has 0 aliphatic heterocycles. The fraction of sp³-hybridized carbons (Fsp3) is 0.217. The Balaban J connectivity index is 1.62. The molecule has 3 rings (SSSR count). The molecule has 0 fully saturated rings. The van der Waals surface area contributed by atoms with Crippen molar-refractivity contribution in [3.63, 3.8) is 0 Å². The molecule has 8 heteroatoms. The van der Waals surface area contributed by atoms with Crippen molar-refractivity contribution >= 4 is 49.7 Å². The van der Waals surface area contributed by atoms with Gasteiger partial charge in [-0.05, 0) is 52.8 Å². The Morgan fingerprint density at radius 2 is 1.58 bits per heavy atom. The number of rotatable bonds is 7. The van der Waals surface area contributed by atoms with Crippen LogP contribution in [0.5, 0.6) is 0 Å². The summed E-state index contributed by atoms with van der Waals surface area (Å²) in [5.74, 6) is -0.227. The van der Waals surface area contributed by atoms with E-state index in [1.807, 2.05) is 42.5 Å². The van der Waals surface area contributed by atoms with Gasteiger partial charge in [-0.1, -0.05) is 56.3 Å². The van der Waals surface area contributed by atoms with Crippen LogP contribution in [0.1, 0.15) is 19.4 Å². The van der Waals surface area contributed by atoms with E-state index in [0.717, 1.165) is 16.3 Å². The smallest absolute Gasteiger partial charge is 0.243 e. The maximum atomic E-state index is 12.6. The van der Waals surface area contributed by atoms with Crippen molar-refractivity contribution in [1.82, 2.24) is 9.62 Å². The van der Waals surface area contributed by atoms with Crippen molar-refractivity contribution in [2.45, 2.75) is 25.2 Å². The topological polar surface area (TPSA) is 78.5 Å². The van der Waals surface area contributed by atoms with Crippen molar-refractivity contribution in [1.29, 1.82) is 0 Å². The summed E-state index contributed by atoms with van der Waals surface area (Å²) in [6.45, 7) is 4.42. The average molecular weight is 456 g/mol. The molecular formula is C23H25N3O3S2. The quantitative estimate of drug-likeness (QED) is 0.528. The highest BCUT2D eigenvalue weighted by molar-refractivity contribution is 7.89. The molecule has 1 amide bonds. The van der Waals surface area contributed by atoms with Gasteiger partial charge in [-0.15, -0.1) is 0 Å². The van der Waals surface area contributed by atoms with Crippen LogP contribution in [-0.4, -0.2) is 36.8 Å². The molecule has 3 aromatic carbocycles. The molecule has 31 heavy (non-hydrogen) atoms. The molecule has 0 aliphatic carbocycles. The molecule has 0 spiro atoms. The third-order valence-corrected chi connectivity index (χ3v) is 7.21. The lowest BCUT2D eigenvalue weighted by Gasteiger charge is -2.18. The average Bonchev–Trinajstić information content (AvgIpc) is 2.75. The Labute approximate surface area is 188 Å². The standard InChI is InChI=1S/C23H25N3O3S2/c1-3-26(4-2)31(28,29)20-14-12-19(13-15-20)24-23(30)25-22(27)16-18-10-7-9-17-8-5-6-11-21(17)18/h5-15H,3-4,16H2,1-2H3,(H2,24,25,27,30). The number of nitrogens with one attached hydrogen (secondary N) is 2. The number of thiocarbonyl (C=S) groups is 1. The number of carbonyl (C=O) groups excluding carboxylic acids is 1. The summed E-state index contributed by atoms with van der Waals surface area (Å²) in [6, 6.07) is 20.1. The molecule has 0 aromatic heterocycles. The predicted molar refractivity (Wildman–Crippen MR) is 129 cm³/mol. The molecule has 3 aromatic rings. The lowest BCUT2D eigenvalue weighted by molar-refractivity contribution is -0.119. The molecule has 0 radical (unpaired) electrons. The summed E-state index contributed by atoms with van der Waals surface area (Å²) in [7, 11) is -3.52. The molecule has 0 aliphatic rings. The Hall–Kier alpha value is -2.81. The van der Waals surface area contributed by atoms with Gasteiger partial charge in [0.25, 0.3) is 0 Å². The lowest BCUT2D eigenvalue weighted by atomic mass is 10.0. The number of anilines is 1. The fourth-order valence-electron chi connectivity index (χ4n) is 3.38. The van der Waals surface area contributed by atoms with Crippen LogP contribution in [0.25, 0.3) is 10.8 Å². The molecule has 0 bridgehead atoms.